The minimum absolute atomic E-state index is 0.101. The normalized spacial score (nSPS) is 14.0. The number of hydrogen-bond acceptors (Lipinski definition) is 6. The number of aromatic nitrogens is 2. The fourth-order valence-corrected chi connectivity index (χ4v) is 4.93. The standard InChI is InChI=1S/C22H29BrN4O3S/c1-30-14-13-27(20(29)10-9-16-5-2-3-6-16)12-11-19(28)24-22-26-25-21(31-22)17-7-4-8-18(23)15-17/h4,7-8,15-16H,2-3,5-6,9-14H2,1H3,(H,24,26,28). The molecule has 1 saturated carbocycles. The molecular formula is C22H29BrN4O3S. The minimum Gasteiger partial charge on any atom is -0.383 e. The zero-order chi connectivity index (χ0) is 22.1. The third-order valence-corrected chi connectivity index (χ3v) is 6.89. The first-order valence-corrected chi connectivity index (χ1v) is 12.3. The van der Waals surface area contributed by atoms with Crippen LogP contribution >= 0.6 is 27.3 Å². The zero-order valence-corrected chi connectivity index (χ0v) is 20.2. The average Bonchev–Trinajstić information content (AvgIpc) is 3.44. The summed E-state index contributed by atoms with van der Waals surface area (Å²) in [5.41, 5.74) is 0.936. The van der Waals surface area contributed by atoms with Gasteiger partial charge >= 0.3 is 0 Å². The lowest BCUT2D eigenvalue weighted by molar-refractivity contribution is -0.132. The molecule has 0 bridgehead atoms. The SMILES string of the molecule is COCCN(CCC(=O)Nc1nnc(-c2cccc(Br)c2)s1)C(=O)CCC1CCCC1. The summed E-state index contributed by atoms with van der Waals surface area (Å²) in [6.07, 6.45) is 6.72. The zero-order valence-electron chi connectivity index (χ0n) is 17.8. The maximum Gasteiger partial charge on any atom is 0.227 e. The molecule has 1 fully saturated rings. The summed E-state index contributed by atoms with van der Waals surface area (Å²) in [4.78, 5) is 26.9. The van der Waals surface area contributed by atoms with E-state index in [2.05, 4.69) is 31.4 Å². The molecule has 2 aromatic rings. The highest BCUT2D eigenvalue weighted by Crippen LogP contribution is 2.29. The van der Waals surface area contributed by atoms with E-state index < -0.39 is 0 Å². The van der Waals surface area contributed by atoms with Gasteiger partial charge in [-0.25, -0.2) is 0 Å². The fourth-order valence-electron chi connectivity index (χ4n) is 3.78. The number of amides is 2. The Hall–Kier alpha value is -1.84. The van der Waals surface area contributed by atoms with Crippen molar-refractivity contribution in [2.24, 2.45) is 5.92 Å². The number of benzene rings is 1. The summed E-state index contributed by atoms with van der Waals surface area (Å²) < 4.78 is 6.10. The fraction of sp³-hybridized carbons (Fsp3) is 0.545. The molecule has 0 spiro atoms. The monoisotopic (exact) mass is 508 g/mol. The lowest BCUT2D eigenvalue weighted by Crippen LogP contribution is -2.36. The van der Waals surface area contributed by atoms with Crippen molar-refractivity contribution in [2.75, 3.05) is 32.1 Å². The Morgan fingerprint density at radius 1 is 1.23 bits per heavy atom. The number of nitrogens with one attached hydrogen (secondary N) is 1. The molecule has 2 amide bonds. The van der Waals surface area contributed by atoms with Gasteiger partial charge in [0, 0.05) is 43.1 Å². The Morgan fingerprint density at radius 3 is 2.77 bits per heavy atom. The molecule has 1 aromatic carbocycles. The molecule has 1 aliphatic rings. The molecule has 0 unspecified atom stereocenters. The predicted octanol–water partition coefficient (Wildman–Crippen LogP) is 4.74. The van der Waals surface area contributed by atoms with Crippen molar-refractivity contribution in [3.8, 4) is 10.6 Å². The van der Waals surface area contributed by atoms with Gasteiger partial charge in [0.25, 0.3) is 0 Å². The van der Waals surface area contributed by atoms with Gasteiger partial charge in [0.2, 0.25) is 16.9 Å². The van der Waals surface area contributed by atoms with Crippen molar-refractivity contribution in [1.29, 1.82) is 0 Å². The first-order valence-electron chi connectivity index (χ1n) is 10.7. The summed E-state index contributed by atoms with van der Waals surface area (Å²) in [6, 6.07) is 7.77. The summed E-state index contributed by atoms with van der Waals surface area (Å²) in [6.45, 7) is 1.33. The van der Waals surface area contributed by atoms with Crippen molar-refractivity contribution >= 4 is 44.2 Å². The van der Waals surface area contributed by atoms with Gasteiger partial charge in [-0.05, 0) is 24.5 Å². The Kier molecular flexibility index (Phi) is 9.42. The molecule has 9 heteroatoms. The van der Waals surface area contributed by atoms with E-state index in [0.29, 0.717) is 37.2 Å². The maximum absolute atomic E-state index is 12.7. The molecule has 7 nitrogen and oxygen atoms in total. The van der Waals surface area contributed by atoms with E-state index in [1.807, 2.05) is 24.3 Å². The van der Waals surface area contributed by atoms with Crippen LogP contribution in [-0.2, 0) is 14.3 Å². The summed E-state index contributed by atoms with van der Waals surface area (Å²) in [5.74, 6) is 0.598. The van der Waals surface area contributed by atoms with Crippen molar-refractivity contribution < 1.29 is 14.3 Å². The van der Waals surface area contributed by atoms with Gasteiger partial charge < -0.3 is 15.0 Å². The lowest BCUT2D eigenvalue weighted by atomic mass is 10.0. The number of ether oxygens (including phenoxy) is 1. The Balaban J connectivity index is 1.48. The van der Waals surface area contributed by atoms with Gasteiger partial charge in [-0.15, -0.1) is 10.2 Å². The van der Waals surface area contributed by atoms with Crippen LogP contribution in [-0.4, -0.2) is 53.7 Å². The molecule has 31 heavy (non-hydrogen) atoms. The third-order valence-electron chi connectivity index (χ3n) is 5.51. The number of halogens is 1. The Labute approximate surface area is 195 Å². The van der Waals surface area contributed by atoms with Gasteiger partial charge in [0.05, 0.1) is 6.61 Å². The van der Waals surface area contributed by atoms with E-state index in [0.717, 1.165) is 21.5 Å². The largest absolute Gasteiger partial charge is 0.383 e. The van der Waals surface area contributed by atoms with E-state index >= 15 is 0 Å². The summed E-state index contributed by atoms with van der Waals surface area (Å²) >= 11 is 4.77. The van der Waals surface area contributed by atoms with Gasteiger partial charge in [0.15, 0.2) is 0 Å². The summed E-state index contributed by atoms with van der Waals surface area (Å²) in [7, 11) is 1.62. The first kappa shape index (κ1) is 23.8. The van der Waals surface area contributed by atoms with Crippen LogP contribution in [0.2, 0.25) is 0 Å². The highest BCUT2D eigenvalue weighted by molar-refractivity contribution is 9.10. The number of rotatable bonds is 11. The van der Waals surface area contributed by atoms with Crippen molar-refractivity contribution in [2.45, 2.75) is 44.9 Å². The van der Waals surface area contributed by atoms with E-state index in [9.17, 15) is 9.59 Å². The maximum atomic E-state index is 12.7. The predicted molar refractivity (Wildman–Crippen MR) is 126 cm³/mol. The molecule has 168 valence electrons. The van der Waals surface area contributed by atoms with Gasteiger partial charge in [-0.2, -0.15) is 0 Å². The quantitative estimate of drug-likeness (QED) is 0.473. The van der Waals surface area contributed by atoms with Gasteiger partial charge in [0.1, 0.15) is 5.01 Å². The Bertz CT molecular complexity index is 870. The van der Waals surface area contributed by atoms with Crippen LogP contribution in [0.15, 0.2) is 28.7 Å². The molecule has 1 aromatic heterocycles. The van der Waals surface area contributed by atoms with Gasteiger partial charge in [-0.1, -0.05) is 65.1 Å². The second kappa shape index (κ2) is 12.3. The third kappa shape index (κ3) is 7.66. The number of carbonyl (C=O) groups is 2. The smallest absolute Gasteiger partial charge is 0.227 e. The second-order valence-electron chi connectivity index (χ2n) is 7.78. The topological polar surface area (TPSA) is 84.4 Å². The van der Waals surface area contributed by atoms with Crippen LogP contribution in [0.25, 0.3) is 10.6 Å². The Morgan fingerprint density at radius 2 is 2.03 bits per heavy atom. The number of nitrogens with zero attached hydrogens (tertiary/aromatic N) is 3. The number of methoxy groups -OCH3 is 1. The average molecular weight is 509 g/mol. The van der Waals surface area contributed by atoms with E-state index in [-0.39, 0.29) is 18.2 Å². The number of hydrogen-bond donors (Lipinski definition) is 1. The van der Waals surface area contributed by atoms with Gasteiger partial charge in [-0.3, -0.25) is 9.59 Å². The van der Waals surface area contributed by atoms with Crippen molar-refractivity contribution in [3.05, 3.63) is 28.7 Å². The van der Waals surface area contributed by atoms with Crippen LogP contribution in [0.4, 0.5) is 5.13 Å². The highest BCUT2D eigenvalue weighted by atomic mass is 79.9. The van der Waals surface area contributed by atoms with Crippen LogP contribution in [0, 0.1) is 5.92 Å². The highest BCUT2D eigenvalue weighted by Gasteiger charge is 2.20. The molecule has 1 aliphatic carbocycles. The van der Waals surface area contributed by atoms with Crippen molar-refractivity contribution in [1.82, 2.24) is 15.1 Å². The molecular weight excluding hydrogens is 480 g/mol. The van der Waals surface area contributed by atoms with Crippen LogP contribution in [0.3, 0.4) is 0 Å². The van der Waals surface area contributed by atoms with Crippen LogP contribution in [0.5, 0.6) is 0 Å². The summed E-state index contributed by atoms with van der Waals surface area (Å²) in [5, 5.41) is 12.2. The molecule has 1 N–H and O–H groups in total. The lowest BCUT2D eigenvalue weighted by Gasteiger charge is -2.23. The molecule has 0 saturated heterocycles. The molecule has 0 aliphatic heterocycles. The second-order valence-corrected chi connectivity index (χ2v) is 9.68. The van der Waals surface area contributed by atoms with E-state index in [1.165, 1.54) is 37.0 Å². The minimum atomic E-state index is -0.178. The number of carbonyl (C=O) groups excluding carboxylic acids is 2. The first-order chi connectivity index (χ1) is 15.0. The number of anilines is 1. The van der Waals surface area contributed by atoms with E-state index in [1.54, 1.807) is 12.0 Å². The molecule has 1 heterocycles. The van der Waals surface area contributed by atoms with Crippen LogP contribution in [0.1, 0.15) is 44.9 Å². The van der Waals surface area contributed by atoms with Crippen LogP contribution < -0.4 is 5.32 Å². The molecule has 3 rings (SSSR count). The van der Waals surface area contributed by atoms with E-state index in [4.69, 9.17) is 4.74 Å². The van der Waals surface area contributed by atoms with Crippen molar-refractivity contribution in [3.63, 3.8) is 0 Å². The molecule has 0 radical (unpaired) electrons. The molecule has 0 atom stereocenters.